The van der Waals surface area contributed by atoms with Gasteiger partial charge in [-0.2, -0.15) is 0 Å². The number of carbonyl (C=O) groups excluding carboxylic acids is 3. The predicted octanol–water partition coefficient (Wildman–Crippen LogP) is 4.97. The van der Waals surface area contributed by atoms with Gasteiger partial charge in [-0.3, -0.25) is 14.4 Å². The van der Waals surface area contributed by atoms with E-state index in [2.05, 4.69) is 20.9 Å². The lowest BCUT2D eigenvalue weighted by Crippen LogP contribution is -2.48. The Kier molecular flexibility index (Phi) is 7.73. The Bertz CT molecular complexity index is 1620. The summed E-state index contributed by atoms with van der Waals surface area (Å²) in [4.78, 5) is 46.3. The Morgan fingerprint density at radius 3 is 2.45 bits per heavy atom. The summed E-state index contributed by atoms with van der Waals surface area (Å²) in [5, 5.41) is 8.98. The molecule has 0 unspecified atom stereocenters. The fraction of sp³-hybridized carbons (Fsp3) is 0.412. The van der Waals surface area contributed by atoms with Gasteiger partial charge >= 0.3 is 0 Å². The fourth-order valence-corrected chi connectivity index (χ4v) is 6.96. The Balaban J connectivity index is 1.20. The lowest BCUT2D eigenvalue weighted by molar-refractivity contribution is -0.150. The first-order valence-electron chi connectivity index (χ1n) is 15.1. The third-order valence-electron chi connectivity index (χ3n) is 9.53. The third kappa shape index (κ3) is 5.58. The maximum Gasteiger partial charge on any atom is 0.248 e. The van der Waals surface area contributed by atoms with Crippen LogP contribution in [0.3, 0.4) is 0 Å². The van der Waals surface area contributed by atoms with Crippen molar-refractivity contribution < 1.29 is 23.2 Å². The number of nitrogens with zero attached hydrogens (tertiary/aromatic N) is 2. The lowest BCUT2D eigenvalue weighted by Gasteiger charge is -2.39. The number of halogens is 2. The van der Waals surface area contributed by atoms with Crippen molar-refractivity contribution in [3.8, 4) is 0 Å². The second-order valence-corrected chi connectivity index (χ2v) is 12.7. The van der Waals surface area contributed by atoms with Crippen molar-refractivity contribution in [1.29, 1.82) is 0 Å². The molecule has 6 rings (SSSR count). The van der Waals surface area contributed by atoms with Gasteiger partial charge in [0.1, 0.15) is 12.4 Å². The minimum atomic E-state index is -2.77. The highest BCUT2D eigenvalue weighted by molar-refractivity contribution is 6.06. The van der Waals surface area contributed by atoms with Crippen molar-refractivity contribution in [3.05, 3.63) is 88.6 Å². The van der Waals surface area contributed by atoms with Gasteiger partial charge in [-0.1, -0.05) is 43.3 Å². The molecule has 3 aromatic rings. The van der Waals surface area contributed by atoms with Crippen LogP contribution in [0.2, 0.25) is 0 Å². The normalized spacial score (nSPS) is 21.0. The smallest absolute Gasteiger partial charge is 0.248 e. The predicted molar refractivity (Wildman–Crippen MR) is 163 cm³/mol. The standard InChI is InChI=1S/C34H37F2N5O3/c1-32(11-13-34(35,36)14-12-32)31(44)41(20-24-7-4-3-6-23(24)19-37-2)21-28(42)39-26-10-9-22-17-33(18-25(22)16-26)27-8-5-15-38-29(27)40-30(33)43/h3-10,15-16,37H,11-14,17-21H2,1-2H3,(H,39,42)(H,38,40,43)/t33-/m1/s1. The number of anilines is 2. The van der Waals surface area contributed by atoms with Crippen molar-refractivity contribution in [2.45, 2.75) is 69.9 Å². The number of amides is 3. The van der Waals surface area contributed by atoms with Crippen LogP contribution in [-0.4, -0.2) is 47.1 Å². The molecular formula is C34H37F2N5O3. The van der Waals surface area contributed by atoms with Crippen LogP contribution in [0.1, 0.15) is 60.4 Å². The van der Waals surface area contributed by atoms with Crippen LogP contribution < -0.4 is 16.0 Å². The van der Waals surface area contributed by atoms with E-state index in [-0.39, 0.29) is 56.5 Å². The first-order valence-corrected chi connectivity index (χ1v) is 15.1. The average Bonchev–Trinajstić information content (AvgIpc) is 3.51. The van der Waals surface area contributed by atoms with E-state index in [1.165, 1.54) is 4.90 Å². The summed E-state index contributed by atoms with van der Waals surface area (Å²) >= 11 is 0. The van der Waals surface area contributed by atoms with Crippen LogP contribution in [0, 0.1) is 5.41 Å². The van der Waals surface area contributed by atoms with Gasteiger partial charge in [0.25, 0.3) is 0 Å². The number of carbonyl (C=O) groups is 3. The second-order valence-electron chi connectivity index (χ2n) is 12.7. The number of hydrogen-bond donors (Lipinski definition) is 3. The first kappa shape index (κ1) is 29.9. The maximum absolute atomic E-state index is 14.0. The van der Waals surface area contributed by atoms with Gasteiger partial charge in [0.05, 0.1) is 5.41 Å². The third-order valence-corrected chi connectivity index (χ3v) is 9.53. The number of alkyl halides is 2. The fourth-order valence-electron chi connectivity index (χ4n) is 6.96. The first-order chi connectivity index (χ1) is 21.0. The van der Waals surface area contributed by atoms with Crippen LogP contribution in [0.5, 0.6) is 0 Å². The molecule has 230 valence electrons. The molecule has 2 aliphatic carbocycles. The molecule has 10 heteroatoms. The molecular weight excluding hydrogens is 564 g/mol. The van der Waals surface area contributed by atoms with Crippen LogP contribution in [0.25, 0.3) is 0 Å². The maximum atomic E-state index is 14.0. The summed E-state index contributed by atoms with van der Waals surface area (Å²) in [6.45, 7) is 2.29. The SMILES string of the molecule is CNCc1ccccc1CN(CC(=O)Nc1ccc2c(c1)C[C@@]1(C2)C(=O)Nc2ncccc21)C(=O)C1(C)CCC(F)(F)CC1. The summed E-state index contributed by atoms with van der Waals surface area (Å²) in [7, 11) is 1.84. The van der Waals surface area contributed by atoms with Gasteiger partial charge in [-0.05, 0) is 73.2 Å². The monoisotopic (exact) mass is 601 g/mol. The zero-order valence-corrected chi connectivity index (χ0v) is 25.0. The van der Waals surface area contributed by atoms with E-state index in [1.807, 2.05) is 61.6 Å². The van der Waals surface area contributed by atoms with Crippen LogP contribution in [0.15, 0.2) is 60.8 Å². The van der Waals surface area contributed by atoms with E-state index in [0.29, 0.717) is 30.9 Å². The molecule has 3 aliphatic rings. The molecule has 1 spiro atoms. The van der Waals surface area contributed by atoms with Crippen LogP contribution in [0.4, 0.5) is 20.3 Å². The van der Waals surface area contributed by atoms with Crippen LogP contribution in [-0.2, 0) is 45.7 Å². The molecule has 3 N–H and O–H groups in total. The zero-order chi connectivity index (χ0) is 31.1. The largest absolute Gasteiger partial charge is 0.329 e. The van der Waals surface area contributed by atoms with E-state index in [9.17, 15) is 23.2 Å². The highest BCUT2D eigenvalue weighted by Gasteiger charge is 2.51. The van der Waals surface area contributed by atoms with Gasteiger partial charge in [0, 0.05) is 48.8 Å². The summed E-state index contributed by atoms with van der Waals surface area (Å²) in [6.07, 6.45) is 2.13. The number of fused-ring (bicyclic) bond motifs is 3. The number of benzene rings is 2. The average molecular weight is 602 g/mol. The van der Waals surface area contributed by atoms with Crippen molar-refractivity contribution in [3.63, 3.8) is 0 Å². The molecule has 44 heavy (non-hydrogen) atoms. The molecule has 0 saturated heterocycles. The molecule has 3 amide bonds. The van der Waals surface area contributed by atoms with Crippen molar-refractivity contribution in [1.82, 2.24) is 15.2 Å². The molecule has 1 fully saturated rings. The molecule has 0 radical (unpaired) electrons. The molecule has 1 aromatic heterocycles. The quantitative estimate of drug-likeness (QED) is 0.338. The van der Waals surface area contributed by atoms with Gasteiger partial charge in [-0.25, -0.2) is 13.8 Å². The Labute approximate surface area is 255 Å². The molecule has 1 saturated carbocycles. The minimum Gasteiger partial charge on any atom is -0.329 e. The second kappa shape index (κ2) is 11.4. The van der Waals surface area contributed by atoms with Crippen molar-refractivity contribution in [2.75, 3.05) is 24.2 Å². The van der Waals surface area contributed by atoms with E-state index >= 15 is 0 Å². The van der Waals surface area contributed by atoms with E-state index in [0.717, 1.165) is 27.8 Å². The van der Waals surface area contributed by atoms with Gasteiger partial charge in [0.2, 0.25) is 23.6 Å². The molecule has 1 aliphatic heterocycles. The van der Waals surface area contributed by atoms with Crippen molar-refractivity contribution in [2.24, 2.45) is 5.41 Å². The number of pyridine rings is 1. The molecule has 1 atom stereocenters. The van der Waals surface area contributed by atoms with E-state index < -0.39 is 16.8 Å². The number of nitrogens with one attached hydrogen (secondary N) is 3. The van der Waals surface area contributed by atoms with Crippen LogP contribution >= 0.6 is 0 Å². The van der Waals surface area contributed by atoms with Gasteiger partial charge < -0.3 is 20.9 Å². The zero-order valence-electron chi connectivity index (χ0n) is 25.0. The topological polar surface area (TPSA) is 103 Å². The number of rotatable bonds is 8. The van der Waals surface area contributed by atoms with E-state index in [1.54, 1.807) is 13.1 Å². The Hall–Kier alpha value is -4.18. The number of aromatic nitrogens is 1. The Morgan fingerprint density at radius 1 is 0.977 bits per heavy atom. The molecule has 2 heterocycles. The Morgan fingerprint density at radius 2 is 1.70 bits per heavy atom. The lowest BCUT2D eigenvalue weighted by atomic mass is 9.73. The highest BCUT2D eigenvalue weighted by atomic mass is 19.3. The van der Waals surface area contributed by atoms with Crippen molar-refractivity contribution >= 4 is 29.2 Å². The highest BCUT2D eigenvalue weighted by Crippen LogP contribution is 2.47. The van der Waals surface area contributed by atoms with E-state index in [4.69, 9.17) is 0 Å². The molecule has 0 bridgehead atoms. The minimum absolute atomic E-state index is 0.0634. The number of hydrogen-bond acceptors (Lipinski definition) is 5. The van der Waals surface area contributed by atoms with Gasteiger partial charge in [0.15, 0.2) is 0 Å². The summed E-state index contributed by atoms with van der Waals surface area (Å²) in [5.41, 5.74) is 3.65. The van der Waals surface area contributed by atoms with Gasteiger partial charge in [-0.15, -0.1) is 0 Å². The summed E-state index contributed by atoms with van der Waals surface area (Å²) in [6, 6.07) is 17.1. The molecule has 2 aromatic carbocycles. The summed E-state index contributed by atoms with van der Waals surface area (Å²) in [5.74, 6) is -2.93. The summed E-state index contributed by atoms with van der Waals surface area (Å²) < 4.78 is 28.0. The molecule has 8 nitrogen and oxygen atoms in total.